The zero-order valence-corrected chi connectivity index (χ0v) is 11.2. The van der Waals surface area contributed by atoms with Gasteiger partial charge < -0.3 is 11.5 Å². The van der Waals surface area contributed by atoms with Gasteiger partial charge in [0.1, 0.15) is 0 Å². The van der Waals surface area contributed by atoms with Gasteiger partial charge in [0.05, 0.1) is 18.0 Å². The highest BCUT2D eigenvalue weighted by atomic mass is 32.2. The standard InChI is InChI=1S/C11H15N3O4S/c1-8-4-2-3-5-9(8)19(17,18)14(6-10(12)15)7-11(13)16/h2-5H,6-7H2,1H3,(H2,12,15)(H2,13,16). The molecule has 0 aromatic heterocycles. The number of aryl methyl sites for hydroxylation is 1. The summed E-state index contributed by atoms with van der Waals surface area (Å²) in [6.07, 6.45) is 0. The van der Waals surface area contributed by atoms with E-state index in [0.29, 0.717) is 9.87 Å². The SMILES string of the molecule is Cc1ccccc1S(=O)(=O)N(CC(N)=O)CC(N)=O. The maximum absolute atomic E-state index is 12.3. The van der Waals surface area contributed by atoms with Crippen LogP contribution in [0.25, 0.3) is 0 Å². The van der Waals surface area contributed by atoms with Gasteiger partial charge in [-0.3, -0.25) is 9.59 Å². The van der Waals surface area contributed by atoms with Crippen LogP contribution < -0.4 is 11.5 Å². The van der Waals surface area contributed by atoms with Crippen molar-refractivity contribution < 1.29 is 18.0 Å². The third kappa shape index (κ3) is 3.76. The molecule has 0 saturated heterocycles. The number of amides is 2. The largest absolute Gasteiger partial charge is 0.369 e. The minimum Gasteiger partial charge on any atom is -0.369 e. The molecule has 2 amide bonds. The predicted molar refractivity (Wildman–Crippen MR) is 68.3 cm³/mol. The van der Waals surface area contributed by atoms with Crippen molar-refractivity contribution in [3.8, 4) is 0 Å². The van der Waals surface area contributed by atoms with Crippen molar-refractivity contribution in [3.05, 3.63) is 29.8 Å². The van der Waals surface area contributed by atoms with Gasteiger partial charge in [-0.2, -0.15) is 4.31 Å². The number of rotatable bonds is 6. The fourth-order valence-corrected chi connectivity index (χ4v) is 3.16. The van der Waals surface area contributed by atoms with E-state index >= 15 is 0 Å². The van der Waals surface area contributed by atoms with Crippen molar-refractivity contribution in [2.45, 2.75) is 11.8 Å². The Balaban J connectivity index is 3.23. The fraction of sp³-hybridized carbons (Fsp3) is 0.273. The fourth-order valence-electron chi connectivity index (χ4n) is 1.56. The zero-order chi connectivity index (χ0) is 14.6. The van der Waals surface area contributed by atoms with E-state index in [-0.39, 0.29) is 4.90 Å². The van der Waals surface area contributed by atoms with Crippen LogP contribution in [0.1, 0.15) is 5.56 Å². The van der Waals surface area contributed by atoms with Crippen LogP contribution in [-0.4, -0.2) is 37.6 Å². The lowest BCUT2D eigenvalue weighted by Crippen LogP contribution is -2.43. The van der Waals surface area contributed by atoms with Gasteiger partial charge in [0, 0.05) is 0 Å². The maximum atomic E-state index is 12.3. The Morgan fingerprint density at radius 3 is 2.00 bits per heavy atom. The van der Waals surface area contributed by atoms with Crippen molar-refractivity contribution in [2.75, 3.05) is 13.1 Å². The highest BCUT2D eigenvalue weighted by molar-refractivity contribution is 7.89. The number of carbonyl (C=O) groups excluding carboxylic acids is 2. The number of hydrogen-bond donors (Lipinski definition) is 2. The molecule has 0 radical (unpaired) electrons. The summed E-state index contributed by atoms with van der Waals surface area (Å²) in [5, 5.41) is 0. The number of primary amides is 2. The summed E-state index contributed by atoms with van der Waals surface area (Å²) in [5.41, 5.74) is 10.5. The van der Waals surface area contributed by atoms with Gasteiger partial charge in [-0.05, 0) is 18.6 Å². The number of hydrogen-bond acceptors (Lipinski definition) is 4. The van der Waals surface area contributed by atoms with E-state index in [1.165, 1.54) is 6.07 Å². The quantitative estimate of drug-likeness (QED) is 0.692. The first-order chi connectivity index (χ1) is 8.75. The summed E-state index contributed by atoms with van der Waals surface area (Å²) >= 11 is 0. The molecule has 0 heterocycles. The molecule has 19 heavy (non-hydrogen) atoms. The Morgan fingerprint density at radius 2 is 1.58 bits per heavy atom. The van der Waals surface area contributed by atoms with Crippen LogP contribution in [0.15, 0.2) is 29.2 Å². The van der Waals surface area contributed by atoms with E-state index < -0.39 is 34.9 Å². The minimum absolute atomic E-state index is 0.0116. The van der Waals surface area contributed by atoms with E-state index in [2.05, 4.69) is 0 Å². The summed E-state index contributed by atoms with van der Waals surface area (Å²) in [7, 11) is -3.99. The third-order valence-electron chi connectivity index (χ3n) is 2.38. The molecule has 8 heteroatoms. The molecule has 7 nitrogen and oxygen atoms in total. The minimum atomic E-state index is -3.99. The van der Waals surface area contributed by atoms with E-state index in [0.717, 1.165) is 0 Å². The molecule has 0 spiro atoms. The number of benzene rings is 1. The molecular formula is C11H15N3O4S. The molecular weight excluding hydrogens is 270 g/mol. The highest BCUT2D eigenvalue weighted by Gasteiger charge is 2.28. The Morgan fingerprint density at radius 1 is 1.11 bits per heavy atom. The first kappa shape index (κ1) is 15.1. The molecule has 1 rings (SSSR count). The van der Waals surface area contributed by atoms with Crippen LogP contribution >= 0.6 is 0 Å². The van der Waals surface area contributed by atoms with E-state index in [9.17, 15) is 18.0 Å². The Labute approximate surface area is 111 Å². The van der Waals surface area contributed by atoms with Crippen LogP contribution in [0.2, 0.25) is 0 Å². The highest BCUT2D eigenvalue weighted by Crippen LogP contribution is 2.18. The Kier molecular flexibility index (Phi) is 4.62. The van der Waals surface area contributed by atoms with E-state index in [1.54, 1.807) is 25.1 Å². The predicted octanol–water partition coefficient (Wildman–Crippen LogP) is -1.04. The van der Waals surface area contributed by atoms with Crippen LogP contribution in [-0.2, 0) is 19.6 Å². The number of nitrogens with zero attached hydrogens (tertiary/aromatic N) is 1. The zero-order valence-electron chi connectivity index (χ0n) is 10.4. The Hall–Kier alpha value is -1.93. The van der Waals surface area contributed by atoms with Gasteiger partial charge in [-0.1, -0.05) is 18.2 Å². The van der Waals surface area contributed by atoms with Crippen molar-refractivity contribution in [3.63, 3.8) is 0 Å². The normalized spacial score (nSPS) is 11.5. The molecule has 104 valence electrons. The van der Waals surface area contributed by atoms with Crippen molar-refractivity contribution in [1.29, 1.82) is 0 Å². The number of sulfonamides is 1. The second kappa shape index (κ2) is 5.81. The van der Waals surface area contributed by atoms with Gasteiger partial charge in [0.25, 0.3) is 0 Å². The molecule has 0 saturated carbocycles. The molecule has 0 aliphatic rings. The van der Waals surface area contributed by atoms with E-state index in [1.807, 2.05) is 0 Å². The first-order valence-electron chi connectivity index (χ1n) is 5.37. The van der Waals surface area contributed by atoms with Crippen LogP contribution in [0.3, 0.4) is 0 Å². The lowest BCUT2D eigenvalue weighted by Gasteiger charge is -2.20. The molecule has 0 atom stereocenters. The lowest BCUT2D eigenvalue weighted by atomic mass is 10.2. The third-order valence-corrected chi connectivity index (χ3v) is 4.33. The molecule has 0 unspecified atom stereocenters. The molecule has 4 N–H and O–H groups in total. The van der Waals surface area contributed by atoms with Gasteiger partial charge in [0.2, 0.25) is 21.8 Å². The molecule has 0 bridgehead atoms. The topological polar surface area (TPSA) is 124 Å². The summed E-state index contributed by atoms with van der Waals surface area (Å²) in [5.74, 6) is -1.73. The average Bonchev–Trinajstić information content (AvgIpc) is 2.27. The molecule has 0 aliphatic carbocycles. The van der Waals surface area contributed by atoms with E-state index in [4.69, 9.17) is 11.5 Å². The summed E-state index contributed by atoms with van der Waals surface area (Å²) < 4.78 is 25.3. The van der Waals surface area contributed by atoms with Gasteiger partial charge in [-0.25, -0.2) is 8.42 Å². The maximum Gasteiger partial charge on any atom is 0.244 e. The molecule has 1 aromatic rings. The van der Waals surface area contributed by atoms with Crippen molar-refractivity contribution in [1.82, 2.24) is 4.31 Å². The Bertz CT molecular complexity index is 582. The second-order valence-corrected chi connectivity index (χ2v) is 5.88. The molecule has 0 aliphatic heterocycles. The average molecular weight is 285 g/mol. The van der Waals surface area contributed by atoms with Crippen LogP contribution in [0.4, 0.5) is 0 Å². The van der Waals surface area contributed by atoms with Gasteiger partial charge in [-0.15, -0.1) is 0 Å². The molecule has 0 fully saturated rings. The van der Waals surface area contributed by atoms with Crippen molar-refractivity contribution in [2.24, 2.45) is 11.5 Å². The smallest absolute Gasteiger partial charge is 0.244 e. The van der Waals surface area contributed by atoms with Crippen LogP contribution in [0.5, 0.6) is 0 Å². The lowest BCUT2D eigenvalue weighted by molar-refractivity contribution is -0.120. The molecule has 1 aromatic carbocycles. The second-order valence-electron chi connectivity index (χ2n) is 3.97. The number of nitrogens with two attached hydrogens (primary N) is 2. The first-order valence-corrected chi connectivity index (χ1v) is 6.81. The summed E-state index contributed by atoms with van der Waals surface area (Å²) in [6, 6.07) is 6.23. The van der Waals surface area contributed by atoms with Crippen molar-refractivity contribution >= 4 is 21.8 Å². The van der Waals surface area contributed by atoms with Gasteiger partial charge >= 0.3 is 0 Å². The van der Waals surface area contributed by atoms with Crippen LogP contribution in [0, 0.1) is 6.92 Å². The monoisotopic (exact) mass is 285 g/mol. The summed E-state index contributed by atoms with van der Waals surface area (Å²) in [4.78, 5) is 21.8. The van der Waals surface area contributed by atoms with Gasteiger partial charge in [0.15, 0.2) is 0 Å². The summed E-state index contributed by atoms with van der Waals surface area (Å²) in [6.45, 7) is 0.415. The number of carbonyl (C=O) groups is 2.